The van der Waals surface area contributed by atoms with E-state index in [0.29, 0.717) is 10.9 Å². The number of nitrogens with zero attached hydrogens (tertiary/aromatic N) is 2. The first kappa shape index (κ1) is 23.6. The molecule has 0 atom stereocenters. The second-order valence-electron chi connectivity index (χ2n) is 6.45. The molecule has 0 bridgehead atoms. The van der Waals surface area contributed by atoms with E-state index in [4.69, 9.17) is 19.9 Å². The Morgan fingerprint density at radius 2 is 1.66 bits per heavy atom. The van der Waals surface area contributed by atoms with Gasteiger partial charge in [0.05, 0.1) is 38.0 Å². The molecule has 0 radical (unpaired) electrons. The first-order valence-corrected chi connectivity index (χ1v) is 11.5. The molecule has 3 aromatic carbocycles. The molecule has 0 heterocycles. The molecule has 0 saturated carbocycles. The lowest BCUT2D eigenvalue weighted by molar-refractivity contribution is 0.394. The molecule has 32 heavy (non-hydrogen) atoms. The highest BCUT2D eigenvalue weighted by atomic mass is 32.2. The molecule has 0 aliphatic carbocycles. The lowest BCUT2D eigenvalue weighted by Crippen LogP contribution is -2.06. The monoisotopic (exact) mass is 467 g/mol. The number of amidine groups is 1. The van der Waals surface area contributed by atoms with Crippen LogP contribution in [0.15, 0.2) is 86.7 Å². The number of benzene rings is 3. The quantitative estimate of drug-likeness (QED) is 0.256. The van der Waals surface area contributed by atoms with Gasteiger partial charge in [0.15, 0.2) is 5.17 Å². The SMILES string of the molecule is COc1ccc(OC)c(Sc2cccc(OC)c2C=NN=C(N)SCc2ccccc2)c1. The van der Waals surface area contributed by atoms with Crippen LogP contribution in [-0.4, -0.2) is 32.7 Å². The van der Waals surface area contributed by atoms with Crippen LogP contribution in [0.1, 0.15) is 11.1 Å². The predicted octanol–water partition coefficient (Wildman–Crippen LogP) is 5.45. The van der Waals surface area contributed by atoms with Crippen molar-refractivity contribution in [3.8, 4) is 17.2 Å². The van der Waals surface area contributed by atoms with Gasteiger partial charge in [-0.05, 0) is 35.9 Å². The Kier molecular flexibility index (Phi) is 8.89. The minimum absolute atomic E-state index is 0.392. The molecule has 0 spiro atoms. The van der Waals surface area contributed by atoms with Crippen LogP contribution in [0.2, 0.25) is 0 Å². The number of nitrogens with two attached hydrogens (primary N) is 1. The fourth-order valence-corrected chi connectivity index (χ4v) is 4.49. The molecule has 166 valence electrons. The molecule has 0 fully saturated rings. The lowest BCUT2D eigenvalue weighted by Gasteiger charge is -2.13. The molecular weight excluding hydrogens is 442 g/mol. The summed E-state index contributed by atoms with van der Waals surface area (Å²) in [4.78, 5) is 1.85. The summed E-state index contributed by atoms with van der Waals surface area (Å²) in [6.07, 6.45) is 1.66. The smallest absolute Gasteiger partial charge is 0.180 e. The summed E-state index contributed by atoms with van der Waals surface area (Å²) in [6.45, 7) is 0. The van der Waals surface area contributed by atoms with Gasteiger partial charge in [-0.15, -0.1) is 5.10 Å². The molecule has 0 aliphatic heterocycles. The Balaban J connectivity index is 1.81. The molecule has 0 aliphatic rings. The minimum Gasteiger partial charge on any atom is -0.497 e. The molecular formula is C24H25N3O3S2. The summed E-state index contributed by atoms with van der Waals surface area (Å²) in [5.74, 6) is 2.92. The molecule has 6 nitrogen and oxygen atoms in total. The maximum absolute atomic E-state index is 6.02. The molecule has 0 amide bonds. The Bertz CT molecular complexity index is 1090. The number of hydrogen-bond donors (Lipinski definition) is 1. The van der Waals surface area contributed by atoms with Crippen molar-refractivity contribution < 1.29 is 14.2 Å². The van der Waals surface area contributed by atoms with E-state index in [2.05, 4.69) is 22.3 Å². The summed E-state index contributed by atoms with van der Waals surface area (Å²) >= 11 is 2.97. The van der Waals surface area contributed by atoms with E-state index in [1.165, 1.54) is 29.1 Å². The first-order chi connectivity index (χ1) is 15.6. The van der Waals surface area contributed by atoms with Crippen LogP contribution < -0.4 is 19.9 Å². The van der Waals surface area contributed by atoms with Gasteiger partial charge in [-0.25, -0.2) is 0 Å². The zero-order chi connectivity index (χ0) is 22.8. The lowest BCUT2D eigenvalue weighted by atomic mass is 10.2. The van der Waals surface area contributed by atoms with Crippen LogP contribution in [0.4, 0.5) is 0 Å². The van der Waals surface area contributed by atoms with Crippen LogP contribution in [0.5, 0.6) is 17.2 Å². The van der Waals surface area contributed by atoms with E-state index in [-0.39, 0.29) is 0 Å². The summed E-state index contributed by atoms with van der Waals surface area (Å²) in [7, 11) is 4.91. The third kappa shape index (κ3) is 6.45. The predicted molar refractivity (Wildman–Crippen MR) is 134 cm³/mol. The fraction of sp³-hybridized carbons (Fsp3) is 0.167. The second-order valence-corrected chi connectivity index (χ2v) is 8.53. The van der Waals surface area contributed by atoms with E-state index < -0.39 is 0 Å². The summed E-state index contributed by atoms with van der Waals surface area (Å²) in [6, 6.07) is 21.6. The van der Waals surface area contributed by atoms with Gasteiger partial charge in [0.1, 0.15) is 17.2 Å². The third-order valence-corrected chi connectivity index (χ3v) is 6.38. The van der Waals surface area contributed by atoms with E-state index in [9.17, 15) is 0 Å². The van der Waals surface area contributed by atoms with Crippen molar-refractivity contribution in [2.45, 2.75) is 15.5 Å². The fourth-order valence-electron chi connectivity index (χ4n) is 2.80. The van der Waals surface area contributed by atoms with Crippen LogP contribution in [-0.2, 0) is 5.75 Å². The van der Waals surface area contributed by atoms with Crippen LogP contribution in [0.3, 0.4) is 0 Å². The number of methoxy groups -OCH3 is 3. The standard InChI is InChI=1S/C24H25N3O3S2/c1-28-18-12-13-21(30-3)23(14-18)32-22-11-7-10-20(29-2)19(22)15-26-27-24(25)31-16-17-8-5-4-6-9-17/h4-15H,16H2,1-3H3,(H2,25,27). The van der Waals surface area contributed by atoms with Gasteiger partial charge >= 0.3 is 0 Å². The van der Waals surface area contributed by atoms with E-state index >= 15 is 0 Å². The van der Waals surface area contributed by atoms with Crippen molar-refractivity contribution in [3.05, 3.63) is 77.9 Å². The molecule has 3 aromatic rings. The number of rotatable bonds is 9. The number of thioether (sulfide) groups is 1. The zero-order valence-corrected chi connectivity index (χ0v) is 19.8. The zero-order valence-electron chi connectivity index (χ0n) is 18.1. The highest BCUT2D eigenvalue weighted by Gasteiger charge is 2.13. The van der Waals surface area contributed by atoms with Crippen molar-refractivity contribution in [2.75, 3.05) is 21.3 Å². The Morgan fingerprint density at radius 3 is 2.38 bits per heavy atom. The summed E-state index contributed by atoms with van der Waals surface area (Å²) in [5, 5.41) is 8.74. The Morgan fingerprint density at radius 1 is 0.875 bits per heavy atom. The molecule has 0 saturated heterocycles. The second kappa shape index (κ2) is 12.1. The summed E-state index contributed by atoms with van der Waals surface area (Å²) in [5.41, 5.74) is 8.00. The van der Waals surface area contributed by atoms with E-state index in [1.54, 1.807) is 27.5 Å². The highest BCUT2D eigenvalue weighted by Crippen LogP contribution is 2.40. The van der Waals surface area contributed by atoms with Crippen molar-refractivity contribution >= 4 is 34.9 Å². The maximum Gasteiger partial charge on any atom is 0.180 e. The average Bonchev–Trinajstić information content (AvgIpc) is 2.84. The summed E-state index contributed by atoms with van der Waals surface area (Å²) < 4.78 is 16.4. The van der Waals surface area contributed by atoms with Gasteiger partial charge in [0.25, 0.3) is 0 Å². The number of ether oxygens (including phenoxy) is 3. The molecule has 0 aromatic heterocycles. The van der Waals surface area contributed by atoms with Gasteiger partial charge in [-0.1, -0.05) is 59.9 Å². The number of hydrogen-bond acceptors (Lipinski definition) is 7. The minimum atomic E-state index is 0.392. The molecule has 2 N–H and O–H groups in total. The topological polar surface area (TPSA) is 78.4 Å². The van der Waals surface area contributed by atoms with Gasteiger partial charge in [-0.2, -0.15) is 5.10 Å². The molecule has 8 heteroatoms. The maximum atomic E-state index is 6.02. The molecule has 3 rings (SSSR count). The van der Waals surface area contributed by atoms with Gasteiger partial charge in [0, 0.05) is 10.6 Å². The van der Waals surface area contributed by atoms with Gasteiger partial charge in [0.2, 0.25) is 0 Å². The van der Waals surface area contributed by atoms with Crippen LogP contribution >= 0.6 is 23.5 Å². The van der Waals surface area contributed by atoms with Gasteiger partial charge in [-0.3, -0.25) is 0 Å². The third-order valence-electron chi connectivity index (χ3n) is 4.41. The van der Waals surface area contributed by atoms with Gasteiger partial charge < -0.3 is 19.9 Å². The largest absolute Gasteiger partial charge is 0.497 e. The van der Waals surface area contributed by atoms with Crippen molar-refractivity contribution in [2.24, 2.45) is 15.9 Å². The Labute approximate surface area is 196 Å². The van der Waals surface area contributed by atoms with Crippen molar-refractivity contribution in [1.29, 1.82) is 0 Å². The van der Waals surface area contributed by atoms with E-state index in [1.807, 2.05) is 54.6 Å². The normalized spacial score (nSPS) is 11.5. The van der Waals surface area contributed by atoms with Crippen LogP contribution in [0, 0.1) is 0 Å². The van der Waals surface area contributed by atoms with Crippen LogP contribution in [0.25, 0.3) is 0 Å². The Hall–Kier alpha value is -3.10. The highest BCUT2D eigenvalue weighted by molar-refractivity contribution is 8.13. The van der Waals surface area contributed by atoms with Crippen molar-refractivity contribution in [3.63, 3.8) is 0 Å². The first-order valence-electron chi connectivity index (χ1n) is 9.74. The average molecular weight is 468 g/mol. The van der Waals surface area contributed by atoms with E-state index in [0.717, 1.165) is 32.6 Å². The molecule has 0 unspecified atom stereocenters. The van der Waals surface area contributed by atoms with Crippen molar-refractivity contribution in [1.82, 2.24) is 0 Å².